The fourth-order valence-electron chi connectivity index (χ4n) is 1.69. The van der Waals surface area contributed by atoms with E-state index in [0.717, 1.165) is 6.42 Å². The smallest absolute Gasteiger partial charge is 0.407 e. The molecule has 2 N–H and O–H groups in total. The quantitative estimate of drug-likeness (QED) is 0.719. The van der Waals surface area contributed by atoms with Crippen LogP contribution in [0.4, 0.5) is 9.59 Å². The lowest BCUT2D eigenvalue weighted by atomic mass is 10.2. The summed E-state index contributed by atoms with van der Waals surface area (Å²) in [4.78, 5) is 24.5. The number of nitrogens with zero attached hydrogens (tertiary/aromatic N) is 1. The first-order chi connectivity index (χ1) is 7.81. The zero-order chi connectivity index (χ0) is 13.1. The Kier molecular flexibility index (Phi) is 4.20. The highest BCUT2D eigenvalue weighted by molar-refractivity contribution is 5.74. The van der Waals surface area contributed by atoms with E-state index in [1.54, 1.807) is 11.9 Å². The van der Waals surface area contributed by atoms with Crippen LogP contribution in [-0.4, -0.2) is 48.8 Å². The van der Waals surface area contributed by atoms with E-state index in [2.05, 4.69) is 10.6 Å². The molecule has 1 heterocycles. The molecule has 98 valence electrons. The molecule has 3 amide bonds. The number of ether oxygens (including phenoxy) is 1. The van der Waals surface area contributed by atoms with Crippen molar-refractivity contribution in [2.75, 3.05) is 20.1 Å². The van der Waals surface area contributed by atoms with Crippen molar-refractivity contribution in [2.24, 2.45) is 0 Å². The van der Waals surface area contributed by atoms with Crippen LogP contribution in [0.25, 0.3) is 0 Å². The molecule has 0 radical (unpaired) electrons. The van der Waals surface area contributed by atoms with E-state index in [1.807, 2.05) is 20.8 Å². The number of hydrogen-bond donors (Lipinski definition) is 2. The molecule has 0 aliphatic carbocycles. The van der Waals surface area contributed by atoms with Crippen LogP contribution in [0.3, 0.4) is 0 Å². The van der Waals surface area contributed by atoms with Crippen molar-refractivity contribution < 1.29 is 14.3 Å². The van der Waals surface area contributed by atoms with Crippen molar-refractivity contribution in [1.82, 2.24) is 15.5 Å². The zero-order valence-corrected chi connectivity index (χ0v) is 10.9. The topological polar surface area (TPSA) is 70.7 Å². The summed E-state index contributed by atoms with van der Waals surface area (Å²) in [5.41, 5.74) is -0.497. The van der Waals surface area contributed by atoms with E-state index in [4.69, 9.17) is 4.74 Å². The average molecular weight is 243 g/mol. The van der Waals surface area contributed by atoms with Crippen LogP contribution in [0.1, 0.15) is 27.2 Å². The fraction of sp³-hybridized carbons (Fsp3) is 0.818. The molecule has 0 bridgehead atoms. The third kappa shape index (κ3) is 4.50. The minimum atomic E-state index is -0.497. The Morgan fingerprint density at radius 1 is 1.35 bits per heavy atom. The van der Waals surface area contributed by atoms with Gasteiger partial charge < -0.3 is 20.3 Å². The summed E-state index contributed by atoms with van der Waals surface area (Å²) in [6.07, 6.45) is 0.327. The summed E-state index contributed by atoms with van der Waals surface area (Å²) in [6, 6.07) is -0.138. The summed E-state index contributed by atoms with van der Waals surface area (Å²) in [7, 11) is 1.59. The second-order valence-corrected chi connectivity index (χ2v) is 5.13. The Balaban J connectivity index is 2.35. The number of alkyl carbamates (subject to hydrolysis) is 1. The molecule has 0 saturated carbocycles. The third-order valence-corrected chi connectivity index (χ3v) is 2.41. The van der Waals surface area contributed by atoms with Crippen LogP contribution in [0.15, 0.2) is 0 Å². The molecule has 1 aliphatic rings. The SMILES string of the molecule is CNC(=O)N1CC[C@H](NC(=O)OC(C)(C)C)C1. The van der Waals surface area contributed by atoms with Gasteiger partial charge >= 0.3 is 12.1 Å². The number of urea groups is 1. The maximum absolute atomic E-state index is 11.5. The molecule has 0 spiro atoms. The van der Waals surface area contributed by atoms with Crippen LogP contribution >= 0.6 is 0 Å². The van der Waals surface area contributed by atoms with Crippen LogP contribution < -0.4 is 10.6 Å². The van der Waals surface area contributed by atoms with Gasteiger partial charge in [0.2, 0.25) is 0 Å². The second-order valence-electron chi connectivity index (χ2n) is 5.13. The predicted octanol–water partition coefficient (Wildman–Crippen LogP) is 0.925. The van der Waals surface area contributed by atoms with Gasteiger partial charge in [-0.1, -0.05) is 0 Å². The Morgan fingerprint density at radius 2 is 2.00 bits per heavy atom. The number of hydrogen-bond acceptors (Lipinski definition) is 3. The standard InChI is InChI=1S/C11H21N3O3/c1-11(2,3)17-10(16)13-8-5-6-14(7-8)9(15)12-4/h8H,5-7H2,1-4H3,(H,12,15)(H,13,16)/t8-/m0/s1. The zero-order valence-electron chi connectivity index (χ0n) is 10.9. The summed E-state index contributed by atoms with van der Waals surface area (Å²) >= 11 is 0. The van der Waals surface area contributed by atoms with E-state index >= 15 is 0 Å². The van der Waals surface area contributed by atoms with Gasteiger partial charge in [-0.05, 0) is 27.2 Å². The first-order valence-electron chi connectivity index (χ1n) is 5.78. The van der Waals surface area contributed by atoms with Gasteiger partial charge in [-0.3, -0.25) is 0 Å². The number of rotatable bonds is 1. The number of carbonyl (C=O) groups excluding carboxylic acids is 2. The molecule has 17 heavy (non-hydrogen) atoms. The van der Waals surface area contributed by atoms with E-state index in [-0.39, 0.29) is 12.1 Å². The summed E-state index contributed by atoms with van der Waals surface area (Å²) in [5, 5.41) is 5.32. The first-order valence-corrected chi connectivity index (χ1v) is 5.78. The average Bonchev–Trinajstić information content (AvgIpc) is 2.62. The van der Waals surface area contributed by atoms with Gasteiger partial charge in [0, 0.05) is 20.1 Å². The molecule has 0 unspecified atom stereocenters. The fourth-order valence-corrected chi connectivity index (χ4v) is 1.69. The highest BCUT2D eigenvalue weighted by atomic mass is 16.6. The molecule has 6 heteroatoms. The molecule has 0 aromatic rings. The molecule has 1 atom stereocenters. The molecule has 1 saturated heterocycles. The molecular formula is C11H21N3O3. The summed E-state index contributed by atoms with van der Waals surface area (Å²) in [5.74, 6) is 0. The lowest BCUT2D eigenvalue weighted by molar-refractivity contribution is 0.0506. The van der Waals surface area contributed by atoms with Crippen molar-refractivity contribution in [2.45, 2.75) is 38.8 Å². The normalized spacial score (nSPS) is 20.0. The van der Waals surface area contributed by atoms with Gasteiger partial charge in [0.15, 0.2) is 0 Å². The van der Waals surface area contributed by atoms with Crippen molar-refractivity contribution in [3.8, 4) is 0 Å². The van der Waals surface area contributed by atoms with Gasteiger partial charge in [0.1, 0.15) is 5.60 Å². The van der Waals surface area contributed by atoms with Gasteiger partial charge in [-0.25, -0.2) is 9.59 Å². The molecule has 0 aromatic heterocycles. The minimum Gasteiger partial charge on any atom is -0.444 e. The van der Waals surface area contributed by atoms with Crippen molar-refractivity contribution in [1.29, 1.82) is 0 Å². The molecule has 1 rings (SSSR count). The molecule has 1 fully saturated rings. The third-order valence-electron chi connectivity index (χ3n) is 2.41. The molecule has 0 aromatic carbocycles. The summed E-state index contributed by atoms with van der Waals surface area (Å²) in [6.45, 7) is 6.63. The van der Waals surface area contributed by atoms with Crippen LogP contribution in [0.5, 0.6) is 0 Å². The monoisotopic (exact) mass is 243 g/mol. The maximum Gasteiger partial charge on any atom is 0.407 e. The van der Waals surface area contributed by atoms with E-state index in [9.17, 15) is 9.59 Å². The van der Waals surface area contributed by atoms with Crippen molar-refractivity contribution >= 4 is 12.1 Å². The lowest BCUT2D eigenvalue weighted by Crippen LogP contribution is -2.42. The number of carbonyl (C=O) groups is 2. The number of nitrogens with one attached hydrogen (secondary N) is 2. The highest BCUT2D eigenvalue weighted by Crippen LogP contribution is 2.11. The van der Waals surface area contributed by atoms with Crippen LogP contribution in [0, 0.1) is 0 Å². The number of likely N-dealkylation sites (tertiary alicyclic amines) is 1. The molecule has 6 nitrogen and oxygen atoms in total. The maximum atomic E-state index is 11.5. The first kappa shape index (κ1) is 13.6. The van der Waals surface area contributed by atoms with Crippen LogP contribution in [-0.2, 0) is 4.74 Å². The Morgan fingerprint density at radius 3 is 2.53 bits per heavy atom. The highest BCUT2D eigenvalue weighted by Gasteiger charge is 2.28. The lowest BCUT2D eigenvalue weighted by Gasteiger charge is -2.22. The largest absolute Gasteiger partial charge is 0.444 e. The Hall–Kier alpha value is -1.46. The van der Waals surface area contributed by atoms with E-state index < -0.39 is 11.7 Å². The Labute approximate surface area is 102 Å². The van der Waals surface area contributed by atoms with Gasteiger partial charge in [0.05, 0.1) is 6.04 Å². The van der Waals surface area contributed by atoms with Gasteiger partial charge in [0.25, 0.3) is 0 Å². The van der Waals surface area contributed by atoms with Crippen molar-refractivity contribution in [3.05, 3.63) is 0 Å². The van der Waals surface area contributed by atoms with Crippen LogP contribution in [0.2, 0.25) is 0 Å². The number of amides is 3. The predicted molar refractivity (Wildman–Crippen MR) is 63.8 cm³/mol. The minimum absolute atomic E-state index is 0.0258. The molecular weight excluding hydrogens is 222 g/mol. The Bertz CT molecular complexity index is 299. The molecule has 1 aliphatic heterocycles. The van der Waals surface area contributed by atoms with Crippen molar-refractivity contribution in [3.63, 3.8) is 0 Å². The second kappa shape index (κ2) is 5.25. The van der Waals surface area contributed by atoms with Gasteiger partial charge in [-0.2, -0.15) is 0 Å². The van der Waals surface area contributed by atoms with E-state index in [0.29, 0.717) is 13.1 Å². The summed E-state index contributed by atoms with van der Waals surface area (Å²) < 4.78 is 5.15. The van der Waals surface area contributed by atoms with E-state index in [1.165, 1.54) is 0 Å². The van der Waals surface area contributed by atoms with Gasteiger partial charge in [-0.15, -0.1) is 0 Å².